The Labute approximate surface area is 143 Å². The number of carbonyl (C=O) groups is 3. The minimum absolute atomic E-state index is 0.0725. The summed E-state index contributed by atoms with van der Waals surface area (Å²) in [5.41, 5.74) is 3.08. The predicted molar refractivity (Wildman–Crippen MR) is 82.2 cm³/mol. The highest BCUT2D eigenvalue weighted by Crippen LogP contribution is 2.07. The highest BCUT2D eigenvalue weighted by atomic mass is 16.4. The third kappa shape index (κ3) is 13.0. The Morgan fingerprint density at radius 1 is 1.04 bits per heavy atom. The van der Waals surface area contributed by atoms with Crippen LogP contribution in [0.5, 0.6) is 5.75 Å². The Morgan fingerprint density at radius 3 is 2.16 bits per heavy atom. The number of urea groups is 1. The van der Waals surface area contributed by atoms with Crippen LogP contribution in [0.1, 0.15) is 5.56 Å². The van der Waals surface area contributed by atoms with Gasteiger partial charge in [0.05, 0.1) is 24.8 Å². The Morgan fingerprint density at radius 2 is 1.64 bits per heavy atom. The van der Waals surface area contributed by atoms with E-state index in [1.807, 2.05) is 0 Å². The van der Waals surface area contributed by atoms with E-state index in [0.717, 1.165) is 5.56 Å². The Kier molecular flexibility index (Phi) is 11.6. The van der Waals surface area contributed by atoms with E-state index in [1.165, 1.54) is 18.3 Å². The van der Waals surface area contributed by atoms with E-state index in [1.54, 1.807) is 12.1 Å². The molecule has 5 N–H and O–H groups in total. The molecule has 0 heterocycles. The molecule has 11 nitrogen and oxygen atoms in total. The highest BCUT2D eigenvalue weighted by molar-refractivity contribution is 6.25. The first kappa shape index (κ1) is 21.8. The van der Waals surface area contributed by atoms with Crippen LogP contribution in [0.2, 0.25) is 0 Å². The minimum atomic E-state index is -2.19. The van der Waals surface area contributed by atoms with Crippen molar-refractivity contribution in [1.29, 1.82) is 0 Å². The van der Waals surface area contributed by atoms with E-state index in [2.05, 4.69) is 21.2 Å². The average molecular weight is 354 g/mol. The van der Waals surface area contributed by atoms with Crippen molar-refractivity contribution in [2.45, 2.75) is 0 Å². The molecule has 25 heavy (non-hydrogen) atoms. The average Bonchev–Trinajstić information content (AvgIpc) is 2.57. The Hall–Kier alpha value is -3.18. The summed E-state index contributed by atoms with van der Waals surface area (Å²) in [5, 5.41) is 44.7. The summed E-state index contributed by atoms with van der Waals surface area (Å²) < 4.78 is 0. The second kappa shape index (κ2) is 13.3. The van der Waals surface area contributed by atoms with Crippen molar-refractivity contribution in [3.05, 3.63) is 29.8 Å². The van der Waals surface area contributed by atoms with Crippen molar-refractivity contribution < 1.29 is 34.8 Å². The van der Waals surface area contributed by atoms with E-state index in [4.69, 9.17) is 30.0 Å². The molecule has 0 fully saturated rings. The molecule has 138 valence electrons. The number of aliphatic hydroxyl groups excluding tert-OH is 1. The van der Waals surface area contributed by atoms with Gasteiger partial charge in [0.1, 0.15) is 5.75 Å². The number of benzene rings is 1. The lowest BCUT2D eigenvalue weighted by atomic mass is 10.2. The molecule has 0 aliphatic carbocycles. The number of phenols is 1. The molecule has 0 radical (unpaired) electrons. The number of aromatic hydroxyl groups is 1. The largest absolute Gasteiger partial charge is 0.543 e. The number of hydrogen-bond donors (Lipinski definition) is 5. The molecule has 0 saturated heterocycles. The summed E-state index contributed by atoms with van der Waals surface area (Å²) in [6.45, 7) is 1.60. The fraction of sp³-hybridized carbons (Fsp3) is 0.286. The lowest BCUT2D eigenvalue weighted by molar-refractivity contribution is -0.345. The van der Waals surface area contributed by atoms with Gasteiger partial charge in [-0.1, -0.05) is 0 Å². The molecule has 0 aliphatic rings. The molecule has 0 atom stereocenters. The highest BCUT2D eigenvalue weighted by Gasteiger charge is 1.96. The summed E-state index contributed by atoms with van der Waals surface area (Å²) in [6.07, 6.45) is 1.48. The van der Waals surface area contributed by atoms with Gasteiger partial charge in [0.25, 0.3) is 0 Å². The van der Waals surface area contributed by atoms with Gasteiger partial charge in [-0.3, -0.25) is 0 Å². The zero-order valence-electron chi connectivity index (χ0n) is 13.1. The maximum absolute atomic E-state index is 11.3. The van der Waals surface area contributed by atoms with Crippen LogP contribution in [0.4, 0.5) is 4.79 Å². The van der Waals surface area contributed by atoms with E-state index in [9.17, 15) is 4.79 Å². The van der Waals surface area contributed by atoms with Crippen LogP contribution < -0.4 is 26.3 Å². The smallest absolute Gasteiger partial charge is 0.335 e. The topological polar surface area (TPSA) is 186 Å². The molecule has 0 unspecified atom stereocenters. The zero-order chi connectivity index (χ0) is 19.1. The molecule has 0 spiro atoms. The van der Waals surface area contributed by atoms with Crippen LogP contribution in [0.25, 0.3) is 0 Å². The summed E-state index contributed by atoms with van der Waals surface area (Å²) in [7, 11) is 0. The van der Waals surface area contributed by atoms with Crippen molar-refractivity contribution in [3.8, 4) is 5.75 Å². The second-order valence-corrected chi connectivity index (χ2v) is 4.27. The predicted octanol–water partition coefficient (Wildman–Crippen LogP) is -3.91. The summed E-state index contributed by atoms with van der Waals surface area (Å²) in [4.78, 5) is 29.1. The number of aliphatic hydroxyl groups is 1. The van der Waals surface area contributed by atoms with Gasteiger partial charge in [-0.05, 0) is 29.8 Å². The number of aliphatic carboxylic acids is 2. The molecule has 0 aromatic heterocycles. The molecule has 0 aliphatic heterocycles. The summed E-state index contributed by atoms with van der Waals surface area (Å²) >= 11 is 0. The van der Waals surface area contributed by atoms with Gasteiger partial charge in [0.15, 0.2) is 0 Å². The van der Waals surface area contributed by atoms with Crippen LogP contribution >= 0.6 is 0 Å². The van der Waals surface area contributed by atoms with E-state index in [-0.39, 0.29) is 12.4 Å². The first-order chi connectivity index (χ1) is 11.9. The number of carboxylic acid groups (broad SMARTS) is 2. The number of phenolic OH excluding ortho intramolecular Hbond substituents is 1. The van der Waals surface area contributed by atoms with Crippen molar-refractivity contribution >= 4 is 24.2 Å². The standard InChI is InChI=1S/C12H18N4O3.C2H2O4/c17-8-7-13-5-6-14-12(19)16-15-9-10-1-3-11(18)4-2-10;3-1(4)2(5)6/h1-4,9,13,17-18H,5-8H2,(H2,14,16,19);(H,3,4)(H,5,6)/p-2/b15-9+;. The number of hydrogen-bond acceptors (Lipinski definition) is 9. The third-order valence-corrected chi connectivity index (χ3v) is 2.32. The van der Waals surface area contributed by atoms with Crippen LogP contribution in [0, 0.1) is 0 Å². The van der Waals surface area contributed by atoms with Gasteiger partial charge in [-0.15, -0.1) is 0 Å². The first-order valence-corrected chi connectivity index (χ1v) is 6.96. The van der Waals surface area contributed by atoms with E-state index >= 15 is 0 Å². The van der Waals surface area contributed by atoms with Gasteiger partial charge in [-0.25, -0.2) is 10.2 Å². The molecule has 2 amide bonds. The van der Waals surface area contributed by atoms with Crippen molar-refractivity contribution in [3.63, 3.8) is 0 Å². The van der Waals surface area contributed by atoms with Gasteiger partial charge in [0.2, 0.25) is 0 Å². The lowest BCUT2D eigenvalue weighted by Crippen LogP contribution is -2.42. The fourth-order valence-corrected chi connectivity index (χ4v) is 1.23. The van der Waals surface area contributed by atoms with Gasteiger partial charge in [-0.2, -0.15) is 5.10 Å². The Bertz CT molecular complexity index is 563. The van der Waals surface area contributed by atoms with Gasteiger partial charge < -0.3 is 40.6 Å². The molecule has 1 rings (SSSR count). The molecule has 1 aromatic rings. The summed E-state index contributed by atoms with van der Waals surface area (Å²) in [6, 6.07) is 6.03. The number of nitrogens with one attached hydrogen (secondary N) is 3. The minimum Gasteiger partial charge on any atom is -0.543 e. The number of amides is 2. The maximum Gasteiger partial charge on any atom is 0.335 e. The quantitative estimate of drug-likeness (QED) is 0.142. The lowest BCUT2D eigenvalue weighted by Gasteiger charge is -2.04. The number of hydrazone groups is 1. The number of nitrogens with zero attached hydrogens (tertiary/aromatic N) is 1. The molecular formula is C14H18N4O7-2. The molecule has 0 bridgehead atoms. The SMILES string of the molecule is O=C(NCCNCCO)N/N=C/c1ccc(O)cc1.O=C([O-])C(=O)[O-]. The Balaban J connectivity index is 0.000000823. The first-order valence-electron chi connectivity index (χ1n) is 6.96. The zero-order valence-corrected chi connectivity index (χ0v) is 13.1. The molecule has 0 saturated carbocycles. The van der Waals surface area contributed by atoms with Crippen molar-refractivity contribution in [2.75, 3.05) is 26.2 Å². The normalized spacial score (nSPS) is 9.80. The van der Waals surface area contributed by atoms with Crippen molar-refractivity contribution in [1.82, 2.24) is 16.1 Å². The van der Waals surface area contributed by atoms with E-state index < -0.39 is 18.0 Å². The summed E-state index contributed by atoms with van der Waals surface area (Å²) in [5.74, 6) is -4.19. The van der Waals surface area contributed by atoms with Crippen LogP contribution in [0.3, 0.4) is 0 Å². The molecular weight excluding hydrogens is 336 g/mol. The van der Waals surface area contributed by atoms with Crippen LogP contribution in [-0.2, 0) is 9.59 Å². The van der Waals surface area contributed by atoms with Gasteiger partial charge in [0, 0.05) is 19.6 Å². The van der Waals surface area contributed by atoms with Crippen LogP contribution in [0.15, 0.2) is 29.4 Å². The van der Waals surface area contributed by atoms with E-state index in [0.29, 0.717) is 19.6 Å². The van der Waals surface area contributed by atoms with Crippen LogP contribution in [-0.4, -0.2) is 60.6 Å². The second-order valence-electron chi connectivity index (χ2n) is 4.27. The number of rotatable bonds is 7. The molecule has 1 aromatic carbocycles. The third-order valence-electron chi connectivity index (χ3n) is 2.32. The monoisotopic (exact) mass is 354 g/mol. The van der Waals surface area contributed by atoms with Gasteiger partial charge >= 0.3 is 6.03 Å². The number of carboxylic acids is 2. The maximum atomic E-state index is 11.3. The fourth-order valence-electron chi connectivity index (χ4n) is 1.23. The number of carbonyl (C=O) groups excluding carboxylic acids is 3. The molecule has 11 heteroatoms. The van der Waals surface area contributed by atoms with Crippen molar-refractivity contribution in [2.24, 2.45) is 5.10 Å².